The number of hydrogen-bond acceptors (Lipinski definition) is 8. The van der Waals surface area contributed by atoms with Crippen molar-refractivity contribution < 1.29 is 9.32 Å². The number of halogens is 1. The highest BCUT2D eigenvalue weighted by atomic mass is 35.5. The van der Waals surface area contributed by atoms with Crippen molar-refractivity contribution in [1.29, 1.82) is 0 Å². The van der Waals surface area contributed by atoms with E-state index in [4.69, 9.17) is 21.6 Å². The van der Waals surface area contributed by atoms with Crippen molar-refractivity contribution in [2.75, 3.05) is 29.9 Å². The molecule has 2 aromatic heterocycles. The topological polar surface area (TPSA) is 104 Å². The predicted molar refractivity (Wildman–Crippen MR) is 123 cm³/mol. The number of nitrogens with zero attached hydrogens (tertiary/aromatic N) is 5. The average Bonchev–Trinajstić information content (AvgIpc) is 3.56. The quantitative estimate of drug-likeness (QED) is 0.681. The van der Waals surface area contributed by atoms with Crippen molar-refractivity contribution >= 4 is 34.2 Å². The van der Waals surface area contributed by atoms with Crippen LogP contribution in [-0.2, 0) is 10.8 Å². The van der Waals surface area contributed by atoms with E-state index < -0.39 is 10.8 Å². The van der Waals surface area contributed by atoms with Crippen molar-refractivity contribution in [2.45, 2.75) is 72.5 Å². The summed E-state index contributed by atoms with van der Waals surface area (Å²) in [5.41, 5.74) is 0.613. The van der Waals surface area contributed by atoms with E-state index in [-0.39, 0.29) is 23.3 Å². The van der Waals surface area contributed by atoms with Gasteiger partial charge in [-0.25, -0.2) is 15.0 Å². The standard InChI is InChI=1S/C22H27ClN6O2S/c23-14-10-24-19(25-11-14)13-3-1-7-29(8-4-13)21-26-17-15-9-16(15)32(31)18(17)20(27-21)28-22(12-30)5-2-6-22/h10-11,13,15-16,30H,1-9,12H2,(H,26,27,28)/t13?,15?,16?,32-/m0/s1. The Balaban J connectivity index is 1.28. The minimum absolute atomic E-state index is 0.0626. The molecule has 2 saturated carbocycles. The predicted octanol–water partition coefficient (Wildman–Crippen LogP) is 3.00. The Kier molecular flexibility index (Phi) is 5.11. The van der Waals surface area contributed by atoms with Crippen molar-refractivity contribution in [1.82, 2.24) is 19.9 Å². The van der Waals surface area contributed by atoms with Crippen LogP contribution >= 0.6 is 11.6 Å². The van der Waals surface area contributed by atoms with Gasteiger partial charge in [0.05, 0.1) is 33.7 Å². The van der Waals surface area contributed by atoms with E-state index in [0.717, 1.165) is 74.4 Å². The van der Waals surface area contributed by atoms with Crippen molar-refractivity contribution in [3.63, 3.8) is 0 Å². The molecule has 2 aliphatic carbocycles. The zero-order chi connectivity index (χ0) is 21.9. The van der Waals surface area contributed by atoms with Gasteiger partial charge in [-0.15, -0.1) is 0 Å². The molecule has 0 amide bonds. The highest BCUT2D eigenvalue weighted by molar-refractivity contribution is 7.86. The number of hydrogen-bond donors (Lipinski definition) is 2. The number of fused-ring (bicyclic) bond motifs is 3. The summed E-state index contributed by atoms with van der Waals surface area (Å²) in [4.78, 5) is 21.7. The fourth-order valence-electron chi connectivity index (χ4n) is 5.24. The smallest absolute Gasteiger partial charge is 0.227 e. The molecule has 0 radical (unpaired) electrons. The van der Waals surface area contributed by atoms with Crippen LogP contribution in [-0.4, -0.2) is 59.7 Å². The van der Waals surface area contributed by atoms with Crippen LogP contribution in [0.5, 0.6) is 0 Å². The van der Waals surface area contributed by atoms with Gasteiger partial charge in [-0.05, 0) is 44.9 Å². The van der Waals surface area contributed by atoms with E-state index in [2.05, 4.69) is 20.2 Å². The normalized spacial score (nSPS) is 30.1. The molecule has 32 heavy (non-hydrogen) atoms. The lowest BCUT2D eigenvalue weighted by atomic mass is 9.77. The summed E-state index contributed by atoms with van der Waals surface area (Å²) in [5.74, 6) is 2.81. The second-order valence-corrected chi connectivity index (χ2v) is 11.6. The molecule has 0 bridgehead atoms. The molecule has 170 valence electrons. The monoisotopic (exact) mass is 474 g/mol. The first-order chi connectivity index (χ1) is 15.6. The largest absolute Gasteiger partial charge is 0.394 e. The molecule has 8 nitrogen and oxygen atoms in total. The van der Waals surface area contributed by atoms with E-state index >= 15 is 0 Å². The fourth-order valence-corrected chi connectivity index (χ4v) is 7.14. The van der Waals surface area contributed by atoms with Crippen LogP contribution in [0.3, 0.4) is 0 Å². The van der Waals surface area contributed by atoms with Gasteiger partial charge in [-0.1, -0.05) is 11.6 Å². The van der Waals surface area contributed by atoms with Gasteiger partial charge in [0, 0.05) is 42.6 Å². The summed E-state index contributed by atoms with van der Waals surface area (Å²) in [7, 11) is -1.06. The number of aliphatic hydroxyl groups is 1. The highest BCUT2D eigenvalue weighted by Crippen LogP contribution is 2.56. The Bertz CT molecular complexity index is 1060. The van der Waals surface area contributed by atoms with E-state index in [1.165, 1.54) is 0 Å². The molecule has 2 N–H and O–H groups in total. The lowest BCUT2D eigenvalue weighted by Gasteiger charge is -2.41. The van der Waals surface area contributed by atoms with Crippen LogP contribution in [0, 0.1) is 0 Å². The third-order valence-corrected chi connectivity index (χ3v) is 9.52. The first kappa shape index (κ1) is 20.7. The van der Waals surface area contributed by atoms with Gasteiger partial charge in [0.15, 0.2) is 0 Å². The first-order valence-corrected chi connectivity index (χ1v) is 13.1. The van der Waals surface area contributed by atoms with E-state index in [1.807, 2.05) is 0 Å². The number of aliphatic hydroxyl groups excluding tert-OH is 1. The molecule has 6 rings (SSSR count). The molecule has 2 aliphatic heterocycles. The average molecular weight is 475 g/mol. The second-order valence-electron chi connectivity index (χ2n) is 9.56. The van der Waals surface area contributed by atoms with E-state index in [0.29, 0.717) is 22.7 Å². The maximum absolute atomic E-state index is 13.0. The Hall–Kier alpha value is -1.84. The number of aromatic nitrogens is 4. The summed E-state index contributed by atoms with van der Waals surface area (Å²) in [6.07, 6.45) is 10.1. The molecule has 3 fully saturated rings. The maximum Gasteiger partial charge on any atom is 0.227 e. The molecule has 2 aromatic rings. The van der Waals surface area contributed by atoms with Gasteiger partial charge in [0.1, 0.15) is 16.5 Å². The Morgan fingerprint density at radius 3 is 2.72 bits per heavy atom. The van der Waals surface area contributed by atoms with E-state index in [9.17, 15) is 9.32 Å². The zero-order valence-electron chi connectivity index (χ0n) is 17.8. The summed E-state index contributed by atoms with van der Waals surface area (Å²) in [6, 6.07) is 0. The van der Waals surface area contributed by atoms with Gasteiger partial charge in [-0.2, -0.15) is 4.98 Å². The molecule has 10 heteroatoms. The summed E-state index contributed by atoms with van der Waals surface area (Å²) in [5, 5.41) is 14.2. The first-order valence-electron chi connectivity index (χ1n) is 11.5. The van der Waals surface area contributed by atoms with Crippen molar-refractivity contribution in [3.8, 4) is 0 Å². The molecule has 4 aliphatic rings. The Labute approximate surface area is 194 Å². The molecular formula is C22H27ClN6O2S. The van der Waals surface area contributed by atoms with Crippen molar-refractivity contribution in [2.24, 2.45) is 0 Å². The molecule has 0 spiro atoms. The van der Waals surface area contributed by atoms with Crippen LogP contribution in [0.2, 0.25) is 5.02 Å². The second kappa shape index (κ2) is 7.88. The Morgan fingerprint density at radius 2 is 2.00 bits per heavy atom. The van der Waals surface area contributed by atoms with Crippen molar-refractivity contribution in [3.05, 3.63) is 28.9 Å². The van der Waals surface area contributed by atoms with Crippen LogP contribution in [0.25, 0.3) is 0 Å². The van der Waals surface area contributed by atoms with Crippen LogP contribution in [0.15, 0.2) is 17.3 Å². The number of nitrogens with one attached hydrogen (secondary N) is 1. The molecule has 1 saturated heterocycles. The molecular weight excluding hydrogens is 448 g/mol. The molecule has 4 heterocycles. The fraction of sp³-hybridized carbons (Fsp3) is 0.636. The third-order valence-electron chi connectivity index (χ3n) is 7.45. The van der Waals surface area contributed by atoms with Gasteiger partial charge >= 0.3 is 0 Å². The van der Waals surface area contributed by atoms with Gasteiger partial charge in [-0.3, -0.25) is 4.21 Å². The molecule has 3 unspecified atom stereocenters. The molecule has 4 atom stereocenters. The minimum Gasteiger partial charge on any atom is -0.394 e. The van der Waals surface area contributed by atoms with Crippen LogP contribution in [0.1, 0.15) is 68.3 Å². The summed E-state index contributed by atoms with van der Waals surface area (Å²) < 4.78 is 13.0. The summed E-state index contributed by atoms with van der Waals surface area (Å²) in [6.45, 7) is 1.74. The maximum atomic E-state index is 13.0. The Morgan fingerprint density at radius 1 is 1.19 bits per heavy atom. The van der Waals surface area contributed by atoms with E-state index in [1.54, 1.807) is 12.4 Å². The highest BCUT2D eigenvalue weighted by Gasteiger charge is 2.54. The lowest BCUT2D eigenvalue weighted by molar-refractivity contribution is 0.143. The number of anilines is 2. The van der Waals surface area contributed by atoms with Gasteiger partial charge < -0.3 is 15.3 Å². The van der Waals surface area contributed by atoms with Gasteiger partial charge in [0.2, 0.25) is 5.95 Å². The third kappa shape index (κ3) is 3.49. The van der Waals surface area contributed by atoms with Crippen LogP contribution < -0.4 is 10.2 Å². The van der Waals surface area contributed by atoms with Crippen LogP contribution in [0.4, 0.5) is 11.8 Å². The SMILES string of the molecule is O=[S@@]1c2c(NC3(CO)CCC3)nc(N3CCCC(c4ncc(Cl)cn4)CC3)nc2C2CC21. The molecule has 0 aromatic carbocycles. The minimum atomic E-state index is -1.06. The number of rotatable bonds is 5. The lowest BCUT2D eigenvalue weighted by Crippen LogP contribution is -2.48. The summed E-state index contributed by atoms with van der Waals surface area (Å²) >= 11 is 5.95. The zero-order valence-corrected chi connectivity index (χ0v) is 19.4. The van der Waals surface area contributed by atoms with Gasteiger partial charge in [0.25, 0.3) is 0 Å².